The molecule has 1 aliphatic rings. The lowest BCUT2D eigenvalue weighted by atomic mass is 10.1. The molecule has 1 aromatic carbocycles. The Morgan fingerprint density at radius 1 is 1.14 bits per heavy atom. The number of nitrogens with one attached hydrogen (secondary N) is 1. The lowest BCUT2D eigenvalue weighted by molar-refractivity contribution is 0.0939. The highest BCUT2D eigenvalue weighted by molar-refractivity contribution is 5.95. The summed E-state index contributed by atoms with van der Waals surface area (Å²) in [5.41, 5.74) is 1.57. The first-order valence-electron chi connectivity index (χ1n) is 7.34. The molecule has 0 radical (unpaired) electrons. The second-order valence-electron chi connectivity index (χ2n) is 5.19. The summed E-state index contributed by atoms with van der Waals surface area (Å²) in [6.45, 7) is 3.18. The van der Waals surface area contributed by atoms with Gasteiger partial charge in [-0.05, 0) is 42.8 Å². The molecule has 1 atom stereocenters. The van der Waals surface area contributed by atoms with Crippen LogP contribution in [0.2, 0.25) is 0 Å². The second kappa shape index (κ2) is 6.47. The van der Waals surface area contributed by atoms with Crippen LogP contribution < -0.4 is 14.8 Å². The average molecular weight is 298 g/mol. The van der Waals surface area contributed by atoms with E-state index in [1.165, 1.54) is 0 Å². The summed E-state index contributed by atoms with van der Waals surface area (Å²) in [5, 5.41) is 2.97. The molecule has 2 heterocycles. The fourth-order valence-corrected chi connectivity index (χ4v) is 2.32. The standard InChI is InChI=1S/C17H18N2O3/c1-12(13-5-7-18-8-6-13)19-17(20)14-3-4-15-16(11-14)22-10-2-9-21-15/h3-8,11-12H,2,9-10H2,1H3,(H,19,20)/t12-/m0/s1. The number of hydrogen-bond donors (Lipinski definition) is 1. The lowest BCUT2D eigenvalue weighted by Crippen LogP contribution is -2.26. The van der Waals surface area contributed by atoms with Crippen LogP contribution in [0.15, 0.2) is 42.7 Å². The molecule has 5 heteroatoms. The SMILES string of the molecule is C[C@H](NC(=O)c1ccc2c(c1)OCCCO2)c1ccncc1. The highest BCUT2D eigenvalue weighted by Gasteiger charge is 2.16. The maximum Gasteiger partial charge on any atom is 0.251 e. The number of amides is 1. The van der Waals surface area contributed by atoms with Gasteiger partial charge in [-0.1, -0.05) is 0 Å². The minimum Gasteiger partial charge on any atom is -0.490 e. The van der Waals surface area contributed by atoms with E-state index in [-0.39, 0.29) is 11.9 Å². The van der Waals surface area contributed by atoms with E-state index in [2.05, 4.69) is 10.3 Å². The molecule has 1 aromatic heterocycles. The van der Waals surface area contributed by atoms with Gasteiger partial charge >= 0.3 is 0 Å². The molecule has 0 spiro atoms. The molecule has 1 N–H and O–H groups in total. The maximum atomic E-state index is 12.4. The highest BCUT2D eigenvalue weighted by atomic mass is 16.5. The summed E-state index contributed by atoms with van der Waals surface area (Å²) in [7, 11) is 0. The van der Waals surface area contributed by atoms with Gasteiger partial charge in [-0.3, -0.25) is 9.78 Å². The van der Waals surface area contributed by atoms with Gasteiger partial charge in [-0.25, -0.2) is 0 Å². The van der Waals surface area contributed by atoms with Gasteiger partial charge < -0.3 is 14.8 Å². The Morgan fingerprint density at radius 2 is 1.86 bits per heavy atom. The fraction of sp³-hybridized carbons (Fsp3) is 0.294. The number of carbonyl (C=O) groups is 1. The predicted octanol–water partition coefficient (Wildman–Crippen LogP) is 2.73. The zero-order valence-corrected chi connectivity index (χ0v) is 12.4. The van der Waals surface area contributed by atoms with Crippen molar-refractivity contribution in [2.24, 2.45) is 0 Å². The third-order valence-corrected chi connectivity index (χ3v) is 3.56. The molecule has 0 fully saturated rings. The normalized spacial score (nSPS) is 14.8. The molecule has 114 valence electrons. The lowest BCUT2D eigenvalue weighted by Gasteiger charge is -2.15. The third-order valence-electron chi connectivity index (χ3n) is 3.56. The van der Waals surface area contributed by atoms with Crippen LogP contribution in [0.5, 0.6) is 11.5 Å². The summed E-state index contributed by atoms with van der Waals surface area (Å²) in [5.74, 6) is 1.18. The predicted molar refractivity (Wildman–Crippen MR) is 82.2 cm³/mol. The number of fused-ring (bicyclic) bond motifs is 1. The summed E-state index contributed by atoms with van der Waals surface area (Å²) >= 11 is 0. The van der Waals surface area contributed by atoms with Gasteiger partial charge in [-0.15, -0.1) is 0 Å². The Bertz CT molecular complexity index is 658. The summed E-state index contributed by atoms with van der Waals surface area (Å²) < 4.78 is 11.2. The van der Waals surface area contributed by atoms with Crippen molar-refractivity contribution >= 4 is 5.91 Å². The number of pyridine rings is 1. The molecular weight excluding hydrogens is 280 g/mol. The number of nitrogens with zero attached hydrogens (tertiary/aromatic N) is 1. The molecule has 0 unspecified atom stereocenters. The van der Waals surface area contributed by atoms with Gasteiger partial charge in [0.1, 0.15) is 0 Å². The van der Waals surface area contributed by atoms with E-state index in [4.69, 9.17) is 9.47 Å². The number of rotatable bonds is 3. The van der Waals surface area contributed by atoms with E-state index in [0.717, 1.165) is 12.0 Å². The molecule has 2 aromatic rings. The van der Waals surface area contributed by atoms with Crippen molar-refractivity contribution in [3.8, 4) is 11.5 Å². The van der Waals surface area contributed by atoms with Gasteiger partial charge in [0.2, 0.25) is 0 Å². The van der Waals surface area contributed by atoms with Gasteiger partial charge in [0.05, 0.1) is 19.3 Å². The monoisotopic (exact) mass is 298 g/mol. The number of carbonyl (C=O) groups excluding carboxylic acids is 1. The molecule has 0 aliphatic carbocycles. The second-order valence-corrected chi connectivity index (χ2v) is 5.19. The van der Waals surface area contributed by atoms with Gasteiger partial charge in [0.25, 0.3) is 5.91 Å². The summed E-state index contributed by atoms with van der Waals surface area (Å²) in [6.07, 6.45) is 4.27. The average Bonchev–Trinajstić information content (AvgIpc) is 2.80. The first-order valence-corrected chi connectivity index (χ1v) is 7.34. The van der Waals surface area contributed by atoms with E-state index < -0.39 is 0 Å². The van der Waals surface area contributed by atoms with Crippen molar-refractivity contribution in [2.75, 3.05) is 13.2 Å². The van der Waals surface area contributed by atoms with E-state index in [9.17, 15) is 4.79 Å². The number of aromatic nitrogens is 1. The van der Waals surface area contributed by atoms with Crippen molar-refractivity contribution in [1.82, 2.24) is 10.3 Å². The zero-order valence-electron chi connectivity index (χ0n) is 12.4. The highest BCUT2D eigenvalue weighted by Crippen LogP contribution is 2.30. The van der Waals surface area contributed by atoms with Crippen molar-refractivity contribution in [3.63, 3.8) is 0 Å². The van der Waals surface area contributed by atoms with E-state index in [1.54, 1.807) is 30.6 Å². The fourth-order valence-electron chi connectivity index (χ4n) is 2.32. The minimum absolute atomic E-state index is 0.0912. The first-order chi connectivity index (χ1) is 10.7. The van der Waals surface area contributed by atoms with Crippen molar-refractivity contribution < 1.29 is 14.3 Å². The Labute approximate surface area is 129 Å². The first kappa shape index (κ1) is 14.4. The molecule has 1 aliphatic heterocycles. The molecule has 0 saturated heterocycles. The van der Waals surface area contributed by atoms with Crippen LogP contribution in [0.4, 0.5) is 0 Å². The minimum atomic E-state index is -0.139. The zero-order chi connectivity index (χ0) is 15.4. The number of ether oxygens (including phenoxy) is 2. The molecule has 1 amide bonds. The molecule has 0 bridgehead atoms. The van der Waals surface area contributed by atoms with E-state index in [1.807, 2.05) is 19.1 Å². The van der Waals surface area contributed by atoms with Crippen LogP contribution in [0.3, 0.4) is 0 Å². The summed E-state index contributed by atoms with van der Waals surface area (Å²) in [4.78, 5) is 16.4. The molecule has 3 rings (SSSR count). The van der Waals surface area contributed by atoms with Crippen LogP contribution >= 0.6 is 0 Å². The van der Waals surface area contributed by atoms with Crippen LogP contribution in [0, 0.1) is 0 Å². The maximum absolute atomic E-state index is 12.4. The molecular formula is C17H18N2O3. The topological polar surface area (TPSA) is 60.5 Å². The Balaban J connectivity index is 1.74. The number of hydrogen-bond acceptors (Lipinski definition) is 4. The van der Waals surface area contributed by atoms with Gasteiger partial charge in [-0.2, -0.15) is 0 Å². The Morgan fingerprint density at radius 3 is 2.64 bits per heavy atom. The van der Waals surface area contributed by atoms with Gasteiger partial charge in [0.15, 0.2) is 11.5 Å². The summed E-state index contributed by atoms with van der Waals surface area (Å²) in [6, 6.07) is 8.95. The van der Waals surface area contributed by atoms with Crippen LogP contribution in [0.1, 0.15) is 35.3 Å². The van der Waals surface area contributed by atoms with E-state index in [0.29, 0.717) is 30.3 Å². The van der Waals surface area contributed by atoms with Crippen LogP contribution in [0.25, 0.3) is 0 Å². The number of benzene rings is 1. The molecule has 22 heavy (non-hydrogen) atoms. The molecule has 5 nitrogen and oxygen atoms in total. The van der Waals surface area contributed by atoms with Crippen LogP contribution in [-0.4, -0.2) is 24.1 Å². The third kappa shape index (κ3) is 3.19. The Hall–Kier alpha value is -2.56. The van der Waals surface area contributed by atoms with Crippen molar-refractivity contribution in [3.05, 3.63) is 53.9 Å². The van der Waals surface area contributed by atoms with E-state index >= 15 is 0 Å². The largest absolute Gasteiger partial charge is 0.490 e. The quantitative estimate of drug-likeness (QED) is 0.946. The van der Waals surface area contributed by atoms with Crippen molar-refractivity contribution in [1.29, 1.82) is 0 Å². The van der Waals surface area contributed by atoms with Gasteiger partial charge in [0, 0.05) is 24.4 Å². The van der Waals surface area contributed by atoms with Crippen molar-refractivity contribution in [2.45, 2.75) is 19.4 Å². The smallest absolute Gasteiger partial charge is 0.251 e. The van der Waals surface area contributed by atoms with Crippen LogP contribution in [-0.2, 0) is 0 Å². The molecule has 0 saturated carbocycles. The Kier molecular flexibility index (Phi) is 4.23.